The van der Waals surface area contributed by atoms with Gasteiger partial charge in [-0.15, -0.1) is 0 Å². The number of amides is 5. The van der Waals surface area contributed by atoms with Crippen LogP contribution in [-0.4, -0.2) is 195 Å². The zero-order chi connectivity index (χ0) is 40.1. The van der Waals surface area contributed by atoms with E-state index in [1.807, 2.05) is 11.8 Å². The van der Waals surface area contributed by atoms with Crippen molar-refractivity contribution in [2.45, 2.75) is 55.5 Å². The van der Waals surface area contributed by atoms with Gasteiger partial charge in [0.05, 0.1) is 44.3 Å². The molecule has 3 aliphatic heterocycles. The quantitative estimate of drug-likeness (QED) is 0.0851. The van der Waals surface area contributed by atoms with Crippen molar-refractivity contribution < 1.29 is 54.0 Å². The molecule has 0 saturated carbocycles. The largest absolute Gasteiger partial charge is 0.480 e. The Labute approximate surface area is 323 Å². The summed E-state index contributed by atoms with van der Waals surface area (Å²) in [5.74, 6) is -3.01. The number of carboxylic acids is 3. The van der Waals surface area contributed by atoms with E-state index in [2.05, 4.69) is 16.0 Å². The Balaban J connectivity index is 1.34. The summed E-state index contributed by atoms with van der Waals surface area (Å²) in [5, 5.41) is 47.7. The molecule has 0 aliphatic carbocycles. The minimum atomic E-state index is -1.26. The van der Waals surface area contributed by atoms with Crippen molar-refractivity contribution in [1.29, 1.82) is 0 Å². The second-order valence-corrected chi connectivity index (χ2v) is 15.4. The Morgan fingerprint density at radius 2 is 1.40 bits per heavy atom. The lowest BCUT2D eigenvalue weighted by molar-refractivity contribution is -0.140. The highest BCUT2D eigenvalue weighted by Crippen LogP contribution is 2.33. The summed E-state index contributed by atoms with van der Waals surface area (Å²) >= 11 is 1.82. The molecular formula is C35H52N8O11S. The first-order chi connectivity index (χ1) is 26.2. The number of hydrogen-bond acceptors (Lipinski definition) is 11. The summed E-state index contributed by atoms with van der Waals surface area (Å²) in [4.78, 5) is 91.9. The third kappa shape index (κ3) is 14.2. The Hall–Kier alpha value is -4.66. The number of rotatable bonds is 16. The second-order valence-electron chi connectivity index (χ2n) is 14.2. The number of aliphatic carboxylic acids is 3. The predicted octanol–water partition coefficient (Wildman–Crippen LogP) is -0.126. The maximum Gasteiger partial charge on any atom is 0.407 e. The van der Waals surface area contributed by atoms with E-state index < -0.39 is 42.5 Å². The molecule has 4 rings (SSSR count). The van der Waals surface area contributed by atoms with Crippen LogP contribution in [0.25, 0.3) is 0 Å². The van der Waals surface area contributed by atoms with Crippen molar-refractivity contribution in [3.05, 3.63) is 29.8 Å². The number of thioether (sulfide) groups is 1. The molecule has 0 bridgehead atoms. The highest BCUT2D eigenvalue weighted by atomic mass is 32.2. The fourth-order valence-electron chi connectivity index (χ4n) is 7.13. The molecule has 0 aromatic heterocycles. The van der Waals surface area contributed by atoms with Crippen LogP contribution in [0.3, 0.4) is 0 Å². The summed E-state index contributed by atoms with van der Waals surface area (Å²) in [7, 11) is 1.57. The molecule has 1 aromatic carbocycles. The van der Waals surface area contributed by atoms with Crippen molar-refractivity contribution >= 4 is 59.3 Å². The molecule has 55 heavy (non-hydrogen) atoms. The van der Waals surface area contributed by atoms with Gasteiger partial charge < -0.3 is 46.2 Å². The van der Waals surface area contributed by atoms with Gasteiger partial charge in [-0.2, -0.15) is 11.8 Å². The van der Waals surface area contributed by atoms with Crippen LogP contribution < -0.4 is 16.0 Å². The first kappa shape index (κ1) is 43.1. The maximum absolute atomic E-state index is 12.8. The summed E-state index contributed by atoms with van der Waals surface area (Å²) in [6.07, 6.45) is 1.58. The number of nitrogens with zero attached hydrogens (tertiary/aromatic N) is 5. The molecule has 4 atom stereocenters. The van der Waals surface area contributed by atoms with Crippen LogP contribution in [-0.2, 0) is 30.4 Å². The zero-order valence-corrected chi connectivity index (χ0v) is 31.7. The number of likely N-dealkylation sites (N-methyl/N-ethyl adjacent to an activating group) is 1. The number of urea groups is 1. The van der Waals surface area contributed by atoms with Crippen LogP contribution in [0, 0.1) is 0 Å². The minimum Gasteiger partial charge on any atom is -0.480 e. The number of anilines is 1. The van der Waals surface area contributed by atoms with Gasteiger partial charge in [-0.1, -0.05) is 18.6 Å². The highest BCUT2D eigenvalue weighted by Gasteiger charge is 2.42. The number of carbonyl (C=O) groups is 7. The zero-order valence-electron chi connectivity index (χ0n) is 30.9. The van der Waals surface area contributed by atoms with E-state index >= 15 is 0 Å². The van der Waals surface area contributed by atoms with Crippen LogP contribution in [0.15, 0.2) is 24.3 Å². The van der Waals surface area contributed by atoms with E-state index in [4.69, 9.17) is 0 Å². The molecule has 3 heterocycles. The molecule has 7 N–H and O–H groups in total. The summed E-state index contributed by atoms with van der Waals surface area (Å²) in [6.45, 7) is -0.637. The third-order valence-electron chi connectivity index (χ3n) is 9.94. The van der Waals surface area contributed by atoms with Gasteiger partial charge in [-0.05, 0) is 37.0 Å². The lowest BCUT2D eigenvalue weighted by Gasteiger charge is -2.37. The molecule has 20 heteroatoms. The Kier molecular flexibility index (Phi) is 16.3. The van der Waals surface area contributed by atoms with Gasteiger partial charge in [0.25, 0.3) is 0 Å². The molecule has 3 saturated heterocycles. The van der Waals surface area contributed by atoms with Gasteiger partial charge >= 0.3 is 30.0 Å². The Morgan fingerprint density at radius 3 is 2.00 bits per heavy atom. The fourth-order valence-corrected chi connectivity index (χ4v) is 8.67. The number of benzene rings is 1. The Bertz CT molecular complexity index is 1540. The number of hydrogen-bond donors (Lipinski definition) is 7. The van der Waals surface area contributed by atoms with Crippen molar-refractivity contribution in [3.63, 3.8) is 0 Å². The average Bonchev–Trinajstić information content (AvgIpc) is 3.65. The molecule has 5 amide bonds. The number of fused-ring (bicyclic) bond motifs is 1. The molecular weight excluding hydrogens is 740 g/mol. The Morgan fingerprint density at radius 1 is 0.818 bits per heavy atom. The smallest absolute Gasteiger partial charge is 0.407 e. The molecule has 3 fully saturated rings. The lowest BCUT2D eigenvalue weighted by atomic mass is 10.0. The number of nitrogens with one attached hydrogen (secondary N) is 3. The molecule has 0 spiro atoms. The van der Waals surface area contributed by atoms with Crippen LogP contribution >= 0.6 is 11.8 Å². The van der Waals surface area contributed by atoms with Crippen molar-refractivity contribution in [2.24, 2.45) is 0 Å². The van der Waals surface area contributed by atoms with Crippen molar-refractivity contribution in [3.8, 4) is 0 Å². The van der Waals surface area contributed by atoms with Gasteiger partial charge in [0.2, 0.25) is 11.8 Å². The van der Waals surface area contributed by atoms with E-state index in [1.165, 1.54) is 9.80 Å². The molecule has 19 nitrogen and oxygen atoms in total. The van der Waals surface area contributed by atoms with Gasteiger partial charge in [-0.25, -0.2) is 9.59 Å². The number of carboxylic acid groups (broad SMARTS) is 4. The van der Waals surface area contributed by atoms with Crippen molar-refractivity contribution in [1.82, 2.24) is 35.1 Å². The van der Waals surface area contributed by atoms with Crippen LogP contribution in [0.5, 0.6) is 0 Å². The topological polar surface area (TPSA) is 253 Å². The average molecular weight is 793 g/mol. The predicted molar refractivity (Wildman–Crippen MR) is 201 cm³/mol. The van der Waals surface area contributed by atoms with Crippen LogP contribution in [0.1, 0.15) is 31.2 Å². The highest BCUT2D eigenvalue weighted by molar-refractivity contribution is 8.00. The monoisotopic (exact) mass is 792 g/mol. The normalized spacial score (nSPS) is 22.7. The van der Waals surface area contributed by atoms with Crippen LogP contribution in [0.2, 0.25) is 0 Å². The third-order valence-corrected chi connectivity index (χ3v) is 11.4. The molecule has 3 aliphatic rings. The maximum atomic E-state index is 12.8. The summed E-state index contributed by atoms with van der Waals surface area (Å²) < 4.78 is 0. The van der Waals surface area contributed by atoms with Crippen molar-refractivity contribution in [2.75, 3.05) is 90.1 Å². The van der Waals surface area contributed by atoms with E-state index in [9.17, 15) is 54.0 Å². The van der Waals surface area contributed by atoms with Gasteiger partial charge in [0.1, 0.15) is 0 Å². The molecule has 0 radical (unpaired) electrons. The molecule has 1 aromatic rings. The van der Waals surface area contributed by atoms with E-state index in [-0.39, 0.29) is 95.9 Å². The van der Waals surface area contributed by atoms with E-state index in [1.54, 1.807) is 46.0 Å². The lowest BCUT2D eigenvalue weighted by Crippen LogP contribution is -2.53. The summed E-state index contributed by atoms with van der Waals surface area (Å²) in [5.41, 5.74) is 1.15. The van der Waals surface area contributed by atoms with Gasteiger partial charge in [-0.3, -0.25) is 38.7 Å². The van der Waals surface area contributed by atoms with Crippen LogP contribution in [0.4, 0.5) is 15.3 Å². The molecule has 4 unspecified atom stereocenters. The second kappa shape index (κ2) is 20.9. The minimum absolute atomic E-state index is 0.00746. The van der Waals surface area contributed by atoms with Gasteiger partial charge in [0.15, 0.2) is 0 Å². The standard InChI is InChI=1S/C35H52N8O11S/c1-39(29(45)5-3-2-4-27-33-26(22-55-27)37-34(52)38-33)18-28(44)36-24-8-6-23(7-9-24)16-25-17-42(21-32(50)51)13-12-40(19-30(46)47)10-11-41(20-31(48)49)14-15-43(25)35(53)54/h6-9,25-27,33H,2-5,10-22H2,1H3,(H,36,44)(H,46,47)(H,48,49)(H,50,51)(H,53,54)(H2,37,38,52). The summed E-state index contributed by atoms with van der Waals surface area (Å²) in [6, 6.07) is 6.11. The first-order valence-electron chi connectivity index (χ1n) is 18.3. The first-order valence-corrected chi connectivity index (χ1v) is 19.3. The van der Waals surface area contributed by atoms with E-state index in [0.29, 0.717) is 29.3 Å². The number of unbranched alkanes of at least 4 members (excludes halogenated alkanes) is 1. The fraction of sp³-hybridized carbons (Fsp3) is 0.629. The SMILES string of the molecule is CN(CC(=O)Nc1ccc(CC2CN(CC(=O)O)CCN(CC(=O)O)CCN(CC(=O)O)CCN2C(=O)O)cc1)C(=O)CCCCC1SCC2NC(=O)NC21. The number of carbonyl (C=O) groups excluding carboxylic acids is 3. The van der Waals surface area contributed by atoms with Gasteiger partial charge in [0, 0.05) is 76.0 Å². The molecule has 304 valence electrons. The van der Waals surface area contributed by atoms with E-state index in [0.717, 1.165) is 18.6 Å².